The SMILES string of the molecule is CN(C)c1ccc(-c2cccc3ccccc23)cc1C(F)(F)F. The largest absolute Gasteiger partial charge is 0.418 e. The average molecular weight is 315 g/mol. The first-order valence-electron chi connectivity index (χ1n) is 7.24. The number of fused-ring (bicyclic) bond motifs is 1. The number of alkyl halides is 3. The summed E-state index contributed by atoms with van der Waals surface area (Å²) in [4.78, 5) is 1.48. The van der Waals surface area contributed by atoms with Crippen LogP contribution >= 0.6 is 0 Å². The summed E-state index contributed by atoms with van der Waals surface area (Å²) in [5, 5.41) is 1.95. The lowest BCUT2D eigenvalue weighted by Crippen LogP contribution is -2.16. The summed E-state index contributed by atoms with van der Waals surface area (Å²) in [6, 6.07) is 17.9. The third-order valence-electron chi connectivity index (χ3n) is 3.88. The Labute approximate surface area is 133 Å². The van der Waals surface area contributed by atoms with Gasteiger partial charge >= 0.3 is 6.18 Å². The zero-order chi connectivity index (χ0) is 16.6. The van der Waals surface area contributed by atoms with Crippen LogP contribution in [-0.2, 0) is 6.18 Å². The zero-order valence-electron chi connectivity index (χ0n) is 12.9. The minimum Gasteiger partial charge on any atom is -0.377 e. The number of anilines is 1. The molecule has 4 heteroatoms. The van der Waals surface area contributed by atoms with Crippen molar-refractivity contribution in [2.75, 3.05) is 19.0 Å². The highest BCUT2D eigenvalue weighted by atomic mass is 19.4. The maximum atomic E-state index is 13.4. The van der Waals surface area contributed by atoms with E-state index in [1.807, 2.05) is 42.5 Å². The minimum atomic E-state index is -4.39. The summed E-state index contributed by atoms with van der Waals surface area (Å²) in [5.41, 5.74) is 0.924. The molecule has 0 aliphatic rings. The molecule has 0 aliphatic carbocycles. The summed E-state index contributed by atoms with van der Waals surface area (Å²) in [7, 11) is 3.23. The highest BCUT2D eigenvalue weighted by molar-refractivity contribution is 5.97. The Morgan fingerprint density at radius 2 is 1.52 bits per heavy atom. The third kappa shape index (κ3) is 2.89. The fraction of sp³-hybridized carbons (Fsp3) is 0.158. The summed E-state index contributed by atoms with van der Waals surface area (Å²) >= 11 is 0. The fourth-order valence-electron chi connectivity index (χ4n) is 2.80. The van der Waals surface area contributed by atoms with E-state index < -0.39 is 11.7 Å². The Bertz CT molecular complexity index is 845. The summed E-state index contributed by atoms with van der Waals surface area (Å²) in [6.07, 6.45) is -4.39. The topological polar surface area (TPSA) is 3.24 Å². The lowest BCUT2D eigenvalue weighted by atomic mass is 9.96. The van der Waals surface area contributed by atoms with Crippen molar-refractivity contribution in [2.45, 2.75) is 6.18 Å². The Hall–Kier alpha value is -2.49. The first kappa shape index (κ1) is 15.4. The number of rotatable bonds is 2. The third-order valence-corrected chi connectivity index (χ3v) is 3.88. The molecule has 0 saturated carbocycles. The molecule has 0 aliphatic heterocycles. The highest BCUT2D eigenvalue weighted by Crippen LogP contribution is 2.39. The number of hydrogen-bond acceptors (Lipinski definition) is 1. The predicted octanol–water partition coefficient (Wildman–Crippen LogP) is 5.59. The molecule has 3 aromatic rings. The van der Waals surface area contributed by atoms with Gasteiger partial charge in [0.1, 0.15) is 0 Å². The first-order valence-corrected chi connectivity index (χ1v) is 7.24. The highest BCUT2D eigenvalue weighted by Gasteiger charge is 2.34. The van der Waals surface area contributed by atoms with Crippen molar-refractivity contribution < 1.29 is 13.2 Å². The van der Waals surface area contributed by atoms with Gasteiger partial charge in [0, 0.05) is 19.8 Å². The molecule has 0 N–H and O–H groups in total. The molecule has 0 atom stereocenters. The van der Waals surface area contributed by atoms with Gasteiger partial charge in [-0.2, -0.15) is 13.2 Å². The Morgan fingerprint density at radius 3 is 2.22 bits per heavy atom. The average Bonchev–Trinajstić information content (AvgIpc) is 2.53. The second-order valence-electron chi connectivity index (χ2n) is 5.65. The van der Waals surface area contributed by atoms with Gasteiger partial charge in [0.15, 0.2) is 0 Å². The molecule has 3 rings (SSSR count). The van der Waals surface area contributed by atoms with Crippen LogP contribution < -0.4 is 4.90 Å². The minimum absolute atomic E-state index is 0.168. The second kappa shape index (κ2) is 5.61. The first-order chi connectivity index (χ1) is 10.9. The standard InChI is InChI=1S/C19H16F3N/c1-23(2)18-11-10-14(12-17(18)19(20,21)22)16-9-5-7-13-6-3-4-8-15(13)16/h3-12H,1-2H3. The molecule has 3 aromatic carbocycles. The quantitative estimate of drug-likeness (QED) is 0.595. The molecule has 1 nitrogen and oxygen atoms in total. The normalized spacial score (nSPS) is 11.7. The molecule has 23 heavy (non-hydrogen) atoms. The summed E-state index contributed by atoms with van der Waals surface area (Å²) in [5.74, 6) is 0. The van der Waals surface area contributed by atoms with Crippen molar-refractivity contribution in [3.8, 4) is 11.1 Å². The van der Waals surface area contributed by atoms with E-state index in [0.29, 0.717) is 5.56 Å². The molecule has 0 aromatic heterocycles. The zero-order valence-corrected chi connectivity index (χ0v) is 12.9. The van der Waals surface area contributed by atoms with E-state index >= 15 is 0 Å². The Kier molecular flexibility index (Phi) is 3.76. The molecule has 0 saturated heterocycles. The van der Waals surface area contributed by atoms with Gasteiger partial charge in [-0.1, -0.05) is 48.5 Å². The van der Waals surface area contributed by atoms with E-state index in [0.717, 1.165) is 16.3 Å². The monoisotopic (exact) mass is 315 g/mol. The van der Waals surface area contributed by atoms with Crippen molar-refractivity contribution in [1.29, 1.82) is 0 Å². The molecule has 0 radical (unpaired) electrons. The van der Waals surface area contributed by atoms with Crippen molar-refractivity contribution in [1.82, 2.24) is 0 Å². The maximum absolute atomic E-state index is 13.4. The van der Waals surface area contributed by atoms with Crippen LogP contribution in [0.15, 0.2) is 60.7 Å². The van der Waals surface area contributed by atoms with Gasteiger partial charge in [-0.05, 0) is 34.0 Å². The van der Waals surface area contributed by atoms with Gasteiger partial charge in [-0.15, -0.1) is 0 Å². The van der Waals surface area contributed by atoms with Crippen molar-refractivity contribution >= 4 is 16.5 Å². The summed E-state index contributed by atoms with van der Waals surface area (Å²) in [6.45, 7) is 0. The van der Waals surface area contributed by atoms with E-state index in [1.165, 1.54) is 17.0 Å². The molecular formula is C19H16F3N. The van der Waals surface area contributed by atoms with Crippen LogP contribution in [0, 0.1) is 0 Å². The van der Waals surface area contributed by atoms with Gasteiger partial charge in [0.2, 0.25) is 0 Å². The Morgan fingerprint density at radius 1 is 0.826 bits per heavy atom. The number of halogens is 3. The van der Waals surface area contributed by atoms with Crippen molar-refractivity contribution in [3.05, 3.63) is 66.2 Å². The van der Waals surface area contributed by atoms with E-state index in [1.54, 1.807) is 20.2 Å². The number of nitrogens with zero attached hydrogens (tertiary/aromatic N) is 1. The second-order valence-corrected chi connectivity index (χ2v) is 5.65. The van der Waals surface area contributed by atoms with Gasteiger partial charge < -0.3 is 4.90 Å². The van der Waals surface area contributed by atoms with Crippen molar-refractivity contribution in [2.24, 2.45) is 0 Å². The van der Waals surface area contributed by atoms with Crippen LogP contribution in [0.2, 0.25) is 0 Å². The van der Waals surface area contributed by atoms with Crippen molar-refractivity contribution in [3.63, 3.8) is 0 Å². The maximum Gasteiger partial charge on any atom is 0.418 e. The molecular weight excluding hydrogens is 299 g/mol. The van der Waals surface area contributed by atoms with Gasteiger partial charge in [0.25, 0.3) is 0 Å². The number of hydrogen-bond donors (Lipinski definition) is 0. The van der Waals surface area contributed by atoms with Gasteiger partial charge in [-0.3, -0.25) is 0 Å². The van der Waals surface area contributed by atoms with Crippen LogP contribution in [0.3, 0.4) is 0 Å². The van der Waals surface area contributed by atoms with E-state index in [4.69, 9.17) is 0 Å². The van der Waals surface area contributed by atoms with E-state index in [9.17, 15) is 13.2 Å². The van der Waals surface area contributed by atoms with E-state index in [-0.39, 0.29) is 5.69 Å². The predicted molar refractivity (Wildman–Crippen MR) is 88.7 cm³/mol. The molecule has 118 valence electrons. The molecule has 0 fully saturated rings. The number of benzene rings is 3. The lowest BCUT2D eigenvalue weighted by Gasteiger charge is -2.20. The smallest absolute Gasteiger partial charge is 0.377 e. The Balaban J connectivity index is 2.24. The molecule has 0 spiro atoms. The molecule has 0 unspecified atom stereocenters. The van der Waals surface area contributed by atoms with Crippen LogP contribution in [0.1, 0.15) is 5.56 Å². The van der Waals surface area contributed by atoms with E-state index in [2.05, 4.69) is 0 Å². The molecule has 0 amide bonds. The van der Waals surface area contributed by atoms with Gasteiger partial charge in [0.05, 0.1) is 5.56 Å². The molecule has 0 heterocycles. The van der Waals surface area contributed by atoms with Crippen LogP contribution in [-0.4, -0.2) is 14.1 Å². The lowest BCUT2D eigenvalue weighted by molar-refractivity contribution is -0.137. The van der Waals surface area contributed by atoms with Crippen LogP contribution in [0.5, 0.6) is 0 Å². The van der Waals surface area contributed by atoms with Crippen LogP contribution in [0.4, 0.5) is 18.9 Å². The fourth-order valence-corrected chi connectivity index (χ4v) is 2.80. The molecule has 0 bridgehead atoms. The van der Waals surface area contributed by atoms with Gasteiger partial charge in [-0.25, -0.2) is 0 Å². The van der Waals surface area contributed by atoms with Crippen LogP contribution in [0.25, 0.3) is 21.9 Å². The summed E-state index contributed by atoms with van der Waals surface area (Å²) < 4.78 is 40.2.